The molecule has 0 saturated carbocycles. The van der Waals surface area contributed by atoms with Crippen molar-refractivity contribution in [2.75, 3.05) is 20.2 Å². The summed E-state index contributed by atoms with van der Waals surface area (Å²) in [5.41, 5.74) is 1.19. The maximum atomic E-state index is 13.0. The molecule has 1 aliphatic rings. The molecule has 0 unspecified atom stereocenters. The van der Waals surface area contributed by atoms with Crippen LogP contribution >= 0.6 is 0 Å². The average Bonchev–Trinajstić information content (AvgIpc) is 2.67. The van der Waals surface area contributed by atoms with Crippen molar-refractivity contribution in [3.8, 4) is 11.5 Å². The van der Waals surface area contributed by atoms with Crippen molar-refractivity contribution in [2.24, 2.45) is 0 Å². The molecule has 0 spiro atoms. The third kappa shape index (κ3) is 4.91. The van der Waals surface area contributed by atoms with Crippen molar-refractivity contribution in [1.29, 1.82) is 0 Å². The number of fused-ring (bicyclic) bond motifs is 3. The summed E-state index contributed by atoms with van der Waals surface area (Å²) in [6.07, 6.45) is -0.254. The fourth-order valence-electron chi connectivity index (χ4n) is 4.23. The second-order valence-electron chi connectivity index (χ2n) is 9.29. The number of hydrogen-bond donors (Lipinski definition) is 2. The molecule has 1 aliphatic heterocycles. The first kappa shape index (κ1) is 24.1. The highest BCUT2D eigenvalue weighted by Gasteiger charge is 2.31. The van der Waals surface area contributed by atoms with Crippen LogP contribution in [0, 0.1) is 6.92 Å². The molecule has 1 amide bonds. The number of nitrogens with zero attached hydrogens (tertiary/aromatic N) is 1. The largest absolute Gasteiger partial charge is 0.496 e. The molecule has 3 rings (SSSR count). The molecule has 176 valence electrons. The zero-order valence-corrected chi connectivity index (χ0v) is 19.7. The predicted octanol–water partition coefficient (Wildman–Crippen LogP) is 2.35. The van der Waals surface area contributed by atoms with Crippen LogP contribution in [0.4, 0.5) is 0 Å². The highest BCUT2D eigenvalue weighted by molar-refractivity contribution is 5.93. The van der Waals surface area contributed by atoms with Gasteiger partial charge >= 0.3 is 5.63 Å². The predicted molar refractivity (Wildman–Crippen MR) is 120 cm³/mol. The van der Waals surface area contributed by atoms with E-state index in [-0.39, 0.29) is 36.6 Å². The smallest absolute Gasteiger partial charge is 0.340 e. The van der Waals surface area contributed by atoms with Crippen LogP contribution in [0.25, 0.3) is 11.0 Å². The van der Waals surface area contributed by atoms with E-state index in [4.69, 9.17) is 13.9 Å². The van der Waals surface area contributed by atoms with E-state index < -0.39 is 17.8 Å². The molecule has 2 heterocycles. The summed E-state index contributed by atoms with van der Waals surface area (Å²) in [6, 6.07) is 1.81. The molecule has 0 fully saturated rings. The number of aliphatic hydroxyl groups is 2. The van der Waals surface area contributed by atoms with Gasteiger partial charge in [0.25, 0.3) is 0 Å². The number of carbonyl (C=O) groups excluding carboxylic acids is 1. The van der Waals surface area contributed by atoms with Gasteiger partial charge in [-0.2, -0.15) is 0 Å². The van der Waals surface area contributed by atoms with Gasteiger partial charge in [-0.15, -0.1) is 0 Å². The minimum Gasteiger partial charge on any atom is -0.496 e. The Morgan fingerprint density at radius 1 is 1.25 bits per heavy atom. The molecule has 32 heavy (non-hydrogen) atoms. The van der Waals surface area contributed by atoms with Gasteiger partial charge in [0.2, 0.25) is 5.91 Å². The van der Waals surface area contributed by atoms with Gasteiger partial charge in [0.15, 0.2) is 0 Å². The van der Waals surface area contributed by atoms with Crippen molar-refractivity contribution >= 4 is 16.9 Å². The molecule has 8 nitrogen and oxygen atoms in total. The van der Waals surface area contributed by atoms with E-state index in [1.54, 1.807) is 20.8 Å². The Bertz CT molecular complexity index is 1060. The lowest BCUT2D eigenvalue weighted by Crippen LogP contribution is -2.42. The lowest BCUT2D eigenvalue weighted by Gasteiger charge is -2.33. The van der Waals surface area contributed by atoms with E-state index in [0.29, 0.717) is 34.5 Å². The summed E-state index contributed by atoms with van der Waals surface area (Å²) in [7, 11) is 1.54. The molecule has 2 aromatic rings. The first-order valence-electron chi connectivity index (χ1n) is 10.9. The number of ether oxygens (including phenoxy) is 2. The number of aryl methyl sites for hydroxylation is 2. The van der Waals surface area contributed by atoms with Crippen LogP contribution in [0.15, 0.2) is 15.3 Å². The highest BCUT2D eigenvalue weighted by atomic mass is 16.5. The van der Waals surface area contributed by atoms with Gasteiger partial charge in [0.05, 0.1) is 36.7 Å². The van der Waals surface area contributed by atoms with Crippen molar-refractivity contribution < 1.29 is 28.9 Å². The molecule has 1 aromatic heterocycles. The lowest BCUT2D eigenvalue weighted by molar-refractivity contribution is -0.133. The Morgan fingerprint density at radius 2 is 1.88 bits per heavy atom. The Labute approximate surface area is 187 Å². The fraction of sp³-hybridized carbons (Fsp3) is 0.583. The van der Waals surface area contributed by atoms with Gasteiger partial charge in [-0.3, -0.25) is 4.79 Å². The summed E-state index contributed by atoms with van der Waals surface area (Å²) in [5.74, 6) is 0.775. The second kappa shape index (κ2) is 9.11. The number of methoxy groups -OCH3 is 1. The summed E-state index contributed by atoms with van der Waals surface area (Å²) in [4.78, 5) is 27.3. The van der Waals surface area contributed by atoms with E-state index in [1.165, 1.54) is 12.0 Å². The first-order chi connectivity index (χ1) is 14.9. The number of carbonyl (C=O) groups is 1. The molecule has 8 heteroatoms. The van der Waals surface area contributed by atoms with Crippen LogP contribution in [-0.4, -0.2) is 59.0 Å². The molecule has 0 radical (unpaired) electrons. The highest BCUT2D eigenvalue weighted by Crippen LogP contribution is 2.43. The number of rotatable bonds is 7. The number of amides is 1. The second-order valence-corrected chi connectivity index (χ2v) is 9.29. The van der Waals surface area contributed by atoms with Crippen LogP contribution in [0.2, 0.25) is 0 Å². The van der Waals surface area contributed by atoms with Crippen molar-refractivity contribution in [3.05, 3.63) is 33.2 Å². The minimum atomic E-state index is -0.761. The molecule has 2 atom stereocenters. The van der Waals surface area contributed by atoms with E-state index in [1.807, 2.05) is 19.9 Å². The number of benzene rings is 1. The quantitative estimate of drug-likeness (QED) is 0.627. The fourth-order valence-corrected chi connectivity index (χ4v) is 4.23. The number of aliphatic hydroxyl groups excluding tert-OH is 2. The Morgan fingerprint density at radius 3 is 2.44 bits per heavy atom. The third-order valence-corrected chi connectivity index (χ3v) is 5.81. The zero-order chi connectivity index (χ0) is 23.8. The van der Waals surface area contributed by atoms with Gasteiger partial charge in [-0.05, 0) is 53.0 Å². The van der Waals surface area contributed by atoms with Crippen LogP contribution in [-0.2, 0) is 17.6 Å². The lowest BCUT2D eigenvalue weighted by atomic mass is 9.91. The minimum absolute atomic E-state index is 0.0612. The monoisotopic (exact) mass is 447 g/mol. The molecular formula is C24H33NO7. The van der Waals surface area contributed by atoms with Crippen LogP contribution < -0.4 is 15.1 Å². The standard InChI is InChI=1S/C24H33NO7/c1-13(26)11-25(12-14(2)27)20(28)9-17-15(3)21-19(30-6)10-18-16(22(21)31-23(17)29)7-8-24(4,5)32-18/h10,13-14,26-27H,7-9,11-12H2,1-6H3/t13-,14-/m0/s1. The summed E-state index contributed by atoms with van der Waals surface area (Å²) < 4.78 is 17.4. The maximum absolute atomic E-state index is 13.0. The first-order valence-corrected chi connectivity index (χ1v) is 10.9. The molecule has 0 aliphatic carbocycles. The van der Waals surface area contributed by atoms with E-state index in [0.717, 1.165) is 12.0 Å². The molecule has 0 saturated heterocycles. The van der Waals surface area contributed by atoms with E-state index >= 15 is 0 Å². The van der Waals surface area contributed by atoms with Gasteiger partial charge in [-0.25, -0.2) is 4.79 Å². The molecule has 1 aromatic carbocycles. The molecule has 0 bridgehead atoms. The van der Waals surface area contributed by atoms with Crippen molar-refractivity contribution in [2.45, 2.75) is 71.7 Å². The van der Waals surface area contributed by atoms with Gasteiger partial charge in [-0.1, -0.05) is 0 Å². The van der Waals surface area contributed by atoms with Crippen LogP contribution in [0.5, 0.6) is 11.5 Å². The van der Waals surface area contributed by atoms with Crippen molar-refractivity contribution in [1.82, 2.24) is 4.90 Å². The van der Waals surface area contributed by atoms with Crippen molar-refractivity contribution in [3.63, 3.8) is 0 Å². The normalized spacial score (nSPS) is 16.8. The summed E-state index contributed by atoms with van der Waals surface area (Å²) in [6.45, 7) is 9.05. The van der Waals surface area contributed by atoms with E-state index in [2.05, 4.69) is 0 Å². The number of hydrogen-bond acceptors (Lipinski definition) is 7. The van der Waals surface area contributed by atoms with E-state index in [9.17, 15) is 19.8 Å². The summed E-state index contributed by atoms with van der Waals surface area (Å²) in [5, 5.41) is 20.1. The van der Waals surface area contributed by atoms with Gasteiger partial charge in [0.1, 0.15) is 22.7 Å². The average molecular weight is 448 g/mol. The van der Waals surface area contributed by atoms with Gasteiger partial charge < -0.3 is 29.0 Å². The Kier molecular flexibility index (Phi) is 6.86. The zero-order valence-electron chi connectivity index (χ0n) is 19.7. The topological polar surface area (TPSA) is 109 Å². The third-order valence-electron chi connectivity index (χ3n) is 5.81. The van der Waals surface area contributed by atoms with Gasteiger partial charge in [0, 0.05) is 24.7 Å². The van der Waals surface area contributed by atoms with Crippen LogP contribution in [0.3, 0.4) is 0 Å². The van der Waals surface area contributed by atoms with Crippen LogP contribution in [0.1, 0.15) is 50.8 Å². The SMILES string of the molecule is COc1cc2c(c3oc(=O)c(CC(=O)N(C[C@H](C)O)C[C@H](C)O)c(C)c13)CCC(C)(C)O2. The molecular weight excluding hydrogens is 414 g/mol. The maximum Gasteiger partial charge on any atom is 0.340 e. The Balaban J connectivity index is 2.08. The Hall–Kier alpha value is -2.58. The molecule has 2 N–H and O–H groups in total. The summed E-state index contributed by atoms with van der Waals surface area (Å²) >= 11 is 0.